The average Bonchev–Trinajstić information content (AvgIpc) is 3.08. The van der Waals surface area contributed by atoms with E-state index in [1.807, 2.05) is 0 Å². The van der Waals surface area contributed by atoms with Crippen molar-refractivity contribution in [3.63, 3.8) is 0 Å². The molecule has 6 nitrogen and oxygen atoms in total. The van der Waals surface area contributed by atoms with Crippen molar-refractivity contribution in [2.24, 2.45) is 0 Å². The summed E-state index contributed by atoms with van der Waals surface area (Å²) < 4.78 is 26.1. The average molecular weight is 709 g/mol. The molecule has 0 N–H and O–H groups in total. The molecular formula is C46H64N2O4. The van der Waals surface area contributed by atoms with Gasteiger partial charge < -0.3 is 18.9 Å². The summed E-state index contributed by atoms with van der Waals surface area (Å²) >= 11 is 0. The fraction of sp³-hybridized carbons (Fsp3) is 0.565. The van der Waals surface area contributed by atoms with Crippen LogP contribution >= 0.6 is 0 Å². The van der Waals surface area contributed by atoms with E-state index in [4.69, 9.17) is 18.9 Å². The lowest BCUT2D eigenvalue weighted by Gasteiger charge is -2.33. The van der Waals surface area contributed by atoms with Crippen molar-refractivity contribution in [3.8, 4) is 46.6 Å². The quantitative estimate of drug-likeness (QED) is 0.131. The Kier molecular flexibility index (Phi) is 13.9. The van der Waals surface area contributed by atoms with E-state index < -0.39 is 0 Å². The van der Waals surface area contributed by atoms with Crippen LogP contribution in [0, 0.1) is 22.7 Å². The van der Waals surface area contributed by atoms with Crippen LogP contribution in [-0.4, -0.2) is 14.2 Å². The molecule has 0 radical (unpaired) electrons. The standard InChI is InChI=1S/C46H64N2O4/c1-15-19-43(5,6)33-27-39(35(25-37(33)49-13)45(9,10)21-17-3)51-41-23-31(29-47)32(30-48)24-42(41)52-40-28-34(44(7,8)20-16-2)38(50-14)26-36(40)46(11,12)22-18-4/h23-28H,15-22H2,1-14H3. The molecule has 0 saturated carbocycles. The minimum atomic E-state index is -0.246. The lowest BCUT2D eigenvalue weighted by molar-refractivity contribution is 0.362. The number of rotatable bonds is 18. The van der Waals surface area contributed by atoms with E-state index in [9.17, 15) is 10.5 Å². The van der Waals surface area contributed by atoms with Crippen molar-refractivity contribution in [1.82, 2.24) is 0 Å². The first kappa shape index (κ1) is 42.3. The highest BCUT2D eigenvalue weighted by Gasteiger charge is 2.33. The number of nitrogens with zero attached hydrogens (tertiary/aromatic N) is 2. The van der Waals surface area contributed by atoms with Gasteiger partial charge in [0.05, 0.1) is 25.3 Å². The van der Waals surface area contributed by atoms with Crippen LogP contribution in [0.3, 0.4) is 0 Å². The highest BCUT2D eigenvalue weighted by atomic mass is 16.5. The minimum absolute atomic E-state index is 0.183. The molecule has 0 bridgehead atoms. The molecule has 0 aromatic heterocycles. The molecular weight excluding hydrogens is 645 g/mol. The van der Waals surface area contributed by atoms with Gasteiger partial charge in [-0.2, -0.15) is 10.5 Å². The monoisotopic (exact) mass is 708 g/mol. The largest absolute Gasteiger partial charge is 0.496 e. The van der Waals surface area contributed by atoms with Crippen LogP contribution in [0.2, 0.25) is 0 Å². The third kappa shape index (κ3) is 9.25. The van der Waals surface area contributed by atoms with Crippen LogP contribution in [0.4, 0.5) is 0 Å². The highest BCUT2D eigenvalue weighted by molar-refractivity contribution is 5.61. The van der Waals surface area contributed by atoms with E-state index in [-0.39, 0.29) is 32.8 Å². The van der Waals surface area contributed by atoms with Gasteiger partial charge in [0.25, 0.3) is 0 Å². The normalized spacial score (nSPS) is 12.2. The zero-order valence-corrected chi connectivity index (χ0v) is 34.6. The number of nitriles is 2. The van der Waals surface area contributed by atoms with Gasteiger partial charge in [-0.25, -0.2) is 0 Å². The molecule has 0 aliphatic heterocycles. The Labute approximate surface area is 315 Å². The predicted molar refractivity (Wildman–Crippen MR) is 214 cm³/mol. The van der Waals surface area contributed by atoms with Crippen LogP contribution in [-0.2, 0) is 21.7 Å². The van der Waals surface area contributed by atoms with Crippen molar-refractivity contribution >= 4 is 0 Å². The fourth-order valence-corrected chi connectivity index (χ4v) is 7.92. The SMILES string of the molecule is CCCC(C)(C)c1cc(Oc2cc(C#N)c(C#N)cc2Oc2cc(C(C)(C)CCC)c(OC)cc2C(C)(C)CCC)c(C(C)(C)CCC)cc1OC. The van der Waals surface area contributed by atoms with Gasteiger partial charge in [0.1, 0.15) is 35.1 Å². The second-order valence-electron chi connectivity index (χ2n) is 16.9. The van der Waals surface area contributed by atoms with E-state index in [1.54, 1.807) is 26.4 Å². The van der Waals surface area contributed by atoms with E-state index in [1.165, 1.54) is 0 Å². The van der Waals surface area contributed by atoms with Crippen molar-refractivity contribution in [2.75, 3.05) is 14.2 Å². The summed E-state index contributed by atoms with van der Waals surface area (Å²) in [6.07, 6.45) is 7.82. The second kappa shape index (κ2) is 17.1. The number of methoxy groups -OCH3 is 2. The maximum Gasteiger partial charge on any atom is 0.171 e. The molecule has 0 aliphatic rings. The highest BCUT2D eigenvalue weighted by Crippen LogP contribution is 2.50. The molecule has 0 heterocycles. The summed E-state index contributed by atoms with van der Waals surface area (Å²) in [5.41, 5.74) is 3.73. The van der Waals surface area contributed by atoms with Gasteiger partial charge in [-0.05, 0) is 71.6 Å². The van der Waals surface area contributed by atoms with Gasteiger partial charge in [-0.3, -0.25) is 0 Å². The first-order valence-electron chi connectivity index (χ1n) is 19.2. The molecule has 0 fully saturated rings. The van der Waals surface area contributed by atoms with Crippen molar-refractivity contribution in [3.05, 3.63) is 69.8 Å². The molecule has 282 valence electrons. The van der Waals surface area contributed by atoms with Gasteiger partial charge in [0.2, 0.25) is 0 Å². The Bertz CT molecular complexity index is 1650. The summed E-state index contributed by atoms with van der Waals surface area (Å²) in [7, 11) is 3.46. The smallest absolute Gasteiger partial charge is 0.171 e. The maximum atomic E-state index is 10.2. The van der Waals surface area contributed by atoms with Crippen LogP contribution in [0.15, 0.2) is 36.4 Å². The zero-order valence-electron chi connectivity index (χ0n) is 34.6. The molecule has 3 aromatic rings. The number of benzene rings is 3. The summed E-state index contributed by atoms with van der Waals surface area (Å²) in [4.78, 5) is 0. The van der Waals surface area contributed by atoms with Crippen molar-refractivity contribution in [1.29, 1.82) is 10.5 Å². The van der Waals surface area contributed by atoms with Gasteiger partial charge in [-0.15, -0.1) is 0 Å². The Hall–Kier alpha value is -4.16. The van der Waals surface area contributed by atoms with Crippen LogP contribution < -0.4 is 18.9 Å². The van der Waals surface area contributed by atoms with E-state index >= 15 is 0 Å². The summed E-state index contributed by atoms with van der Waals surface area (Å²) in [5, 5.41) is 20.3. The van der Waals surface area contributed by atoms with Crippen LogP contribution in [0.1, 0.15) is 168 Å². The molecule has 0 spiro atoms. The van der Waals surface area contributed by atoms with Crippen LogP contribution in [0.5, 0.6) is 34.5 Å². The summed E-state index contributed by atoms with van der Waals surface area (Å²) in [6, 6.07) is 16.2. The first-order valence-corrected chi connectivity index (χ1v) is 19.2. The lowest BCUT2D eigenvalue weighted by atomic mass is 9.75. The Balaban J connectivity index is 2.44. The molecule has 3 aromatic carbocycles. The molecule has 0 saturated heterocycles. The minimum Gasteiger partial charge on any atom is -0.496 e. The zero-order chi connectivity index (χ0) is 39.1. The molecule has 0 aliphatic carbocycles. The Morgan fingerprint density at radius 3 is 0.904 bits per heavy atom. The maximum absolute atomic E-state index is 10.2. The van der Waals surface area contributed by atoms with Crippen molar-refractivity contribution < 1.29 is 18.9 Å². The van der Waals surface area contributed by atoms with Crippen molar-refractivity contribution in [2.45, 2.75) is 156 Å². The third-order valence-corrected chi connectivity index (χ3v) is 10.8. The van der Waals surface area contributed by atoms with E-state index in [0.717, 1.165) is 85.1 Å². The molecule has 0 amide bonds. The molecule has 0 unspecified atom stereocenters. The first-order chi connectivity index (χ1) is 24.4. The fourth-order valence-electron chi connectivity index (χ4n) is 7.92. The molecule has 0 atom stereocenters. The number of hydrogen-bond donors (Lipinski definition) is 0. The summed E-state index contributed by atoms with van der Waals surface area (Å²) in [5.74, 6) is 3.78. The van der Waals surface area contributed by atoms with Gasteiger partial charge in [0.15, 0.2) is 11.5 Å². The third-order valence-electron chi connectivity index (χ3n) is 10.8. The van der Waals surface area contributed by atoms with E-state index in [2.05, 4.69) is 119 Å². The molecule has 3 rings (SSSR count). The Morgan fingerprint density at radius 2 is 0.673 bits per heavy atom. The topological polar surface area (TPSA) is 84.5 Å². The molecule has 52 heavy (non-hydrogen) atoms. The molecule has 6 heteroatoms. The second-order valence-corrected chi connectivity index (χ2v) is 16.9. The van der Waals surface area contributed by atoms with Gasteiger partial charge >= 0.3 is 0 Å². The lowest BCUT2D eigenvalue weighted by Crippen LogP contribution is -2.22. The van der Waals surface area contributed by atoms with Gasteiger partial charge in [-0.1, -0.05) is 109 Å². The number of hydrogen-bond acceptors (Lipinski definition) is 6. The Morgan fingerprint density at radius 1 is 0.423 bits per heavy atom. The summed E-state index contributed by atoms with van der Waals surface area (Å²) in [6.45, 7) is 26.6. The predicted octanol–water partition coefficient (Wildman–Crippen LogP) is 13.3. The van der Waals surface area contributed by atoms with E-state index in [0.29, 0.717) is 23.0 Å². The van der Waals surface area contributed by atoms with Crippen LogP contribution in [0.25, 0.3) is 0 Å². The van der Waals surface area contributed by atoms with Gasteiger partial charge in [0, 0.05) is 34.4 Å². The number of ether oxygens (including phenoxy) is 4.